The number of unbranched alkanes of at least 4 members (excludes halogenated alkanes) is 3. The quantitative estimate of drug-likeness (QED) is 0.217. The summed E-state index contributed by atoms with van der Waals surface area (Å²) < 4.78 is 119. The van der Waals surface area contributed by atoms with Gasteiger partial charge in [0.1, 0.15) is 0 Å². The fraction of sp³-hybridized carbons (Fsp3) is 0.812. The summed E-state index contributed by atoms with van der Waals surface area (Å²) in [6, 6.07) is 0. The third-order valence-corrected chi connectivity index (χ3v) is 4.04. The first-order valence-electron chi connectivity index (χ1n) is 8.67. The lowest BCUT2D eigenvalue weighted by Crippen LogP contribution is -2.60. The van der Waals surface area contributed by atoms with Crippen molar-refractivity contribution in [2.75, 3.05) is 6.61 Å². The predicted molar refractivity (Wildman–Crippen MR) is 82.9 cm³/mol. The summed E-state index contributed by atoms with van der Waals surface area (Å²) in [6.07, 6.45) is -11.6. The van der Waals surface area contributed by atoms with Crippen molar-refractivity contribution in [2.24, 2.45) is 5.92 Å². The Hall–Kier alpha value is -2.22. The Morgan fingerprint density at radius 1 is 0.742 bits per heavy atom. The summed E-state index contributed by atoms with van der Waals surface area (Å²) in [4.78, 5) is 32.7. The second kappa shape index (κ2) is 10.9. The topological polar surface area (TPSA) is 101 Å². The van der Waals surface area contributed by atoms with Crippen LogP contribution in [-0.4, -0.2) is 58.7 Å². The molecule has 0 aliphatic carbocycles. The maximum absolute atomic E-state index is 13.3. The zero-order chi connectivity index (χ0) is 24.7. The molecule has 1 unspecified atom stereocenters. The minimum absolute atomic E-state index is 0.0386. The molecular formula is C16H19F9O6. The largest absolute Gasteiger partial charge is 0.481 e. The van der Waals surface area contributed by atoms with Crippen LogP contribution in [0.4, 0.5) is 39.5 Å². The predicted octanol–water partition coefficient (Wildman–Crippen LogP) is 4.51. The van der Waals surface area contributed by atoms with E-state index in [1.165, 1.54) is 0 Å². The van der Waals surface area contributed by atoms with Crippen LogP contribution >= 0.6 is 0 Å². The van der Waals surface area contributed by atoms with Crippen molar-refractivity contribution in [3.63, 3.8) is 0 Å². The van der Waals surface area contributed by atoms with E-state index in [-0.39, 0.29) is 25.9 Å². The van der Waals surface area contributed by atoms with Crippen molar-refractivity contribution in [1.82, 2.24) is 0 Å². The average Bonchev–Trinajstić information content (AvgIpc) is 2.58. The lowest BCUT2D eigenvalue weighted by atomic mass is 9.98. The SMILES string of the molecule is O=C(O)CC(CC(=O)OCCCCCCC(F)(F)C(F)(F)C(F)(F)C(F)(F)F)C(=O)O. The van der Waals surface area contributed by atoms with Gasteiger partial charge in [0.25, 0.3) is 0 Å². The van der Waals surface area contributed by atoms with Crippen LogP contribution in [-0.2, 0) is 19.1 Å². The van der Waals surface area contributed by atoms with Crippen molar-refractivity contribution < 1.29 is 68.8 Å². The molecular weight excluding hydrogens is 459 g/mol. The molecule has 0 saturated heterocycles. The summed E-state index contributed by atoms with van der Waals surface area (Å²) in [5, 5.41) is 17.3. The summed E-state index contributed by atoms with van der Waals surface area (Å²) in [5.74, 6) is -24.8. The summed E-state index contributed by atoms with van der Waals surface area (Å²) in [7, 11) is 0. The molecule has 0 amide bonds. The maximum Gasteiger partial charge on any atom is 0.460 e. The van der Waals surface area contributed by atoms with E-state index in [0.717, 1.165) is 0 Å². The molecule has 0 heterocycles. The van der Waals surface area contributed by atoms with Crippen LogP contribution in [0.25, 0.3) is 0 Å². The molecule has 2 N–H and O–H groups in total. The molecule has 0 fully saturated rings. The molecule has 0 bridgehead atoms. The molecule has 182 valence electrons. The lowest BCUT2D eigenvalue weighted by molar-refractivity contribution is -0.396. The van der Waals surface area contributed by atoms with Gasteiger partial charge in [-0.25, -0.2) is 0 Å². The van der Waals surface area contributed by atoms with Crippen molar-refractivity contribution in [2.45, 2.75) is 68.9 Å². The number of carbonyl (C=O) groups excluding carboxylic acids is 1. The van der Waals surface area contributed by atoms with Crippen LogP contribution in [0.15, 0.2) is 0 Å². The van der Waals surface area contributed by atoms with Crippen LogP contribution in [0.2, 0.25) is 0 Å². The van der Waals surface area contributed by atoms with E-state index < -0.39 is 73.5 Å². The Balaban J connectivity index is 4.37. The molecule has 0 aliphatic rings. The van der Waals surface area contributed by atoms with Gasteiger partial charge in [0.2, 0.25) is 0 Å². The summed E-state index contributed by atoms with van der Waals surface area (Å²) in [6.45, 7) is -0.364. The molecule has 31 heavy (non-hydrogen) atoms. The Kier molecular flexibility index (Phi) is 10.1. The van der Waals surface area contributed by atoms with Gasteiger partial charge in [-0.05, 0) is 12.8 Å². The number of carboxylic acids is 2. The molecule has 0 aliphatic heterocycles. The number of hydrogen-bond donors (Lipinski definition) is 2. The van der Waals surface area contributed by atoms with E-state index in [2.05, 4.69) is 4.74 Å². The van der Waals surface area contributed by atoms with Crippen LogP contribution in [0.1, 0.15) is 44.9 Å². The standard InChI is InChI=1S/C16H19F9O6/c17-13(18,14(19,20)15(21,22)16(23,24)25)5-3-1-2-4-6-31-11(28)8-9(12(29)30)7-10(26)27/h9H,1-8H2,(H,26,27)(H,29,30). The van der Waals surface area contributed by atoms with E-state index in [9.17, 15) is 53.9 Å². The van der Waals surface area contributed by atoms with Gasteiger partial charge in [0.15, 0.2) is 0 Å². The number of esters is 1. The number of carboxylic acid groups (broad SMARTS) is 2. The Morgan fingerprint density at radius 3 is 1.71 bits per heavy atom. The molecule has 0 rings (SSSR count). The molecule has 0 aromatic rings. The Labute approximate surface area is 169 Å². The number of halogens is 9. The number of aliphatic carboxylic acids is 2. The first kappa shape index (κ1) is 28.8. The molecule has 0 aromatic carbocycles. The highest BCUT2D eigenvalue weighted by molar-refractivity contribution is 5.82. The van der Waals surface area contributed by atoms with Crippen molar-refractivity contribution in [3.05, 3.63) is 0 Å². The Bertz CT molecular complexity index is 634. The monoisotopic (exact) mass is 478 g/mol. The van der Waals surface area contributed by atoms with Gasteiger partial charge in [-0.2, -0.15) is 39.5 Å². The highest BCUT2D eigenvalue weighted by atomic mass is 19.4. The van der Waals surface area contributed by atoms with Gasteiger partial charge < -0.3 is 14.9 Å². The fourth-order valence-electron chi connectivity index (χ4n) is 2.27. The molecule has 0 spiro atoms. The van der Waals surface area contributed by atoms with Gasteiger partial charge in [-0.3, -0.25) is 14.4 Å². The molecule has 0 saturated carbocycles. The highest BCUT2D eigenvalue weighted by Crippen LogP contribution is 2.54. The van der Waals surface area contributed by atoms with E-state index in [1.54, 1.807) is 0 Å². The zero-order valence-corrected chi connectivity index (χ0v) is 15.7. The van der Waals surface area contributed by atoms with E-state index in [4.69, 9.17) is 10.2 Å². The van der Waals surface area contributed by atoms with Crippen LogP contribution in [0, 0.1) is 5.92 Å². The van der Waals surface area contributed by atoms with E-state index in [1.807, 2.05) is 0 Å². The van der Waals surface area contributed by atoms with Gasteiger partial charge in [0.05, 0.1) is 25.4 Å². The molecule has 1 atom stereocenters. The van der Waals surface area contributed by atoms with Crippen LogP contribution < -0.4 is 0 Å². The third kappa shape index (κ3) is 8.09. The second-order valence-corrected chi connectivity index (χ2v) is 6.57. The first-order chi connectivity index (χ1) is 13.9. The smallest absolute Gasteiger partial charge is 0.460 e. The second-order valence-electron chi connectivity index (χ2n) is 6.57. The third-order valence-electron chi connectivity index (χ3n) is 4.04. The van der Waals surface area contributed by atoms with Gasteiger partial charge in [0, 0.05) is 6.42 Å². The number of rotatable bonds is 14. The minimum atomic E-state index is -6.92. The minimum Gasteiger partial charge on any atom is -0.481 e. The molecule has 0 radical (unpaired) electrons. The lowest BCUT2D eigenvalue weighted by Gasteiger charge is -2.33. The van der Waals surface area contributed by atoms with Gasteiger partial charge in [-0.1, -0.05) is 12.8 Å². The van der Waals surface area contributed by atoms with Crippen molar-refractivity contribution >= 4 is 17.9 Å². The fourth-order valence-corrected chi connectivity index (χ4v) is 2.27. The number of hydrogen-bond acceptors (Lipinski definition) is 4. The van der Waals surface area contributed by atoms with Crippen LogP contribution in [0.3, 0.4) is 0 Å². The number of alkyl halides is 9. The Morgan fingerprint density at radius 2 is 1.26 bits per heavy atom. The molecule has 15 heteroatoms. The van der Waals surface area contributed by atoms with Crippen molar-refractivity contribution in [3.8, 4) is 0 Å². The highest BCUT2D eigenvalue weighted by Gasteiger charge is 2.81. The molecule has 0 aromatic heterocycles. The van der Waals surface area contributed by atoms with Crippen molar-refractivity contribution in [1.29, 1.82) is 0 Å². The number of carbonyl (C=O) groups is 3. The van der Waals surface area contributed by atoms with E-state index >= 15 is 0 Å². The zero-order valence-electron chi connectivity index (χ0n) is 15.7. The van der Waals surface area contributed by atoms with E-state index in [0.29, 0.717) is 0 Å². The summed E-state index contributed by atoms with van der Waals surface area (Å²) in [5.41, 5.74) is 0. The molecule has 6 nitrogen and oxygen atoms in total. The summed E-state index contributed by atoms with van der Waals surface area (Å²) >= 11 is 0. The maximum atomic E-state index is 13.3. The van der Waals surface area contributed by atoms with Gasteiger partial charge in [-0.15, -0.1) is 0 Å². The first-order valence-corrected chi connectivity index (χ1v) is 8.67. The number of ether oxygens (including phenoxy) is 1. The average molecular weight is 478 g/mol. The van der Waals surface area contributed by atoms with Crippen LogP contribution in [0.5, 0.6) is 0 Å². The van der Waals surface area contributed by atoms with Gasteiger partial charge >= 0.3 is 41.9 Å². The normalized spacial score (nSPS) is 14.2.